The molecule has 0 saturated carbocycles. The zero-order chi connectivity index (χ0) is 9.26. The molecule has 0 spiro atoms. The fourth-order valence-electron chi connectivity index (χ4n) is 1.01. The molecule has 0 saturated heterocycles. The number of aromatic nitrogens is 1. The molecule has 2 aromatic rings. The smallest absolute Gasteiger partial charge is 0.140 e. The van der Waals surface area contributed by atoms with Crippen molar-refractivity contribution < 1.29 is 0 Å². The van der Waals surface area contributed by atoms with E-state index in [1.54, 1.807) is 11.3 Å². The molecule has 0 aliphatic rings. The molecular weight excluding hydrogens is 270 g/mol. The fraction of sp³-hybridized carbons (Fsp3) is 0. The topological polar surface area (TPSA) is 12.9 Å². The van der Waals surface area contributed by atoms with Crippen LogP contribution in [-0.2, 0) is 0 Å². The van der Waals surface area contributed by atoms with E-state index < -0.39 is 0 Å². The molecule has 0 aliphatic carbocycles. The van der Waals surface area contributed by atoms with E-state index in [-0.39, 0.29) is 0 Å². The van der Waals surface area contributed by atoms with E-state index in [2.05, 4.69) is 20.9 Å². The summed E-state index contributed by atoms with van der Waals surface area (Å²) in [4.78, 5) is 4.20. The van der Waals surface area contributed by atoms with Gasteiger partial charge in [0, 0.05) is 15.4 Å². The van der Waals surface area contributed by atoms with E-state index in [0.717, 1.165) is 15.0 Å². The molecular formula is C9H5BrClNS. The Balaban J connectivity index is 2.52. The van der Waals surface area contributed by atoms with Gasteiger partial charge in [-0.25, -0.2) is 4.98 Å². The van der Waals surface area contributed by atoms with Gasteiger partial charge in [0.05, 0.1) is 0 Å². The molecule has 0 fully saturated rings. The normalized spacial score (nSPS) is 10.3. The zero-order valence-corrected chi connectivity index (χ0v) is 9.66. The molecule has 0 aliphatic heterocycles. The average Bonchev–Trinajstić information content (AvgIpc) is 2.53. The van der Waals surface area contributed by atoms with E-state index >= 15 is 0 Å². The van der Waals surface area contributed by atoms with Crippen LogP contribution in [-0.4, -0.2) is 4.98 Å². The summed E-state index contributed by atoms with van der Waals surface area (Å²) in [6.07, 6.45) is 0. The highest BCUT2D eigenvalue weighted by Gasteiger charge is 2.05. The third-order valence-electron chi connectivity index (χ3n) is 1.58. The van der Waals surface area contributed by atoms with E-state index in [1.807, 2.05) is 29.6 Å². The van der Waals surface area contributed by atoms with Gasteiger partial charge in [-0.05, 0) is 6.07 Å². The molecule has 1 nitrogen and oxygen atoms in total. The Bertz CT molecular complexity index is 427. The van der Waals surface area contributed by atoms with Gasteiger partial charge in [0.1, 0.15) is 10.2 Å². The summed E-state index contributed by atoms with van der Waals surface area (Å²) < 4.78 is 1.04. The summed E-state index contributed by atoms with van der Waals surface area (Å²) in [7, 11) is 0. The van der Waals surface area contributed by atoms with Crippen molar-refractivity contribution in [1.82, 2.24) is 4.98 Å². The second-order valence-electron chi connectivity index (χ2n) is 2.46. The molecule has 2 rings (SSSR count). The number of halogens is 2. The summed E-state index contributed by atoms with van der Waals surface area (Å²) in [6, 6.07) is 7.96. The number of hydrogen-bond donors (Lipinski definition) is 0. The number of rotatable bonds is 1. The van der Waals surface area contributed by atoms with Crippen molar-refractivity contribution in [3.8, 4) is 10.6 Å². The van der Waals surface area contributed by atoms with Crippen molar-refractivity contribution >= 4 is 38.9 Å². The lowest BCUT2D eigenvalue weighted by molar-refractivity contribution is 1.41. The van der Waals surface area contributed by atoms with Crippen LogP contribution < -0.4 is 0 Å². The first kappa shape index (κ1) is 9.19. The summed E-state index contributed by atoms with van der Waals surface area (Å²) in [5, 5.41) is 3.32. The summed E-state index contributed by atoms with van der Waals surface area (Å²) in [5.41, 5.74) is 1.08. The maximum atomic E-state index is 5.75. The Labute approximate surface area is 93.5 Å². The van der Waals surface area contributed by atoms with E-state index in [0.29, 0.717) is 5.15 Å². The fourth-order valence-corrected chi connectivity index (χ4v) is 2.60. The lowest BCUT2D eigenvalue weighted by atomic mass is 10.2. The van der Waals surface area contributed by atoms with E-state index in [1.165, 1.54) is 0 Å². The van der Waals surface area contributed by atoms with Gasteiger partial charge in [-0.3, -0.25) is 0 Å². The SMILES string of the molecule is Clc1csc(-c2ccccc2Br)n1. The van der Waals surface area contributed by atoms with Crippen LogP contribution in [0.2, 0.25) is 5.15 Å². The number of nitrogens with zero attached hydrogens (tertiary/aromatic N) is 1. The first-order valence-corrected chi connectivity index (χ1v) is 5.68. The van der Waals surface area contributed by atoms with E-state index in [4.69, 9.17) is 11.6 Å². The molecule has 1 aromatic heterocycles. The van der Waals surface area contributed by atoms with Gasteiger partial charge in [0.2, 0.25) is 0 Å². The van der Waals surface area contributed by atoms with Crippen LogP contribution in [0.4, 0.5) is 0 Å². The number of thiazole rings is 1. The maximum Gasteiger partial charge on any atom is 0.140 e. The summed E-state index contributed by atoms with van der Waals surface area (Å²) >= 11 is 10.8. The highest BCUT2D eigenvalue weighted by Crippen LogP contribution is 2.31. The van der Waals surface area contributed by atoms with Crippen LogP contribution in [0, 0.1) is 0 Å². The molecule has 0 amide bonds. The predicted molar refractivity (Wildman–Crippen MR) is 60.3 cm³/mol. The second kappa shape index (κ2) is 3.78. The summed E-state index contributed by atoms with van der Waals surface area (Å²) in [6.45, 7) is 0. The Morgan fingerprint density at radius 1 is 1.31 bits per heavy atom. The van der Waals surface area contributed by atoms with Crippen LogP contribution in [0.1, 0.15) is 0 Å². The van der Waals surface area contributed by atoms with Crippen LogP contribution in [0.15, 0.2) is 34.1 Å². The standard InChI is InChI=1S/C9H5BrClNS/c10-7-4-2-1-3-6(7)9-12-8(11)5-13-9/h1-5H. The largest absolute Gasteiger partial charge is 0.224 e. The van der Waals surface area contributed by atoms with Crippen LogP contribution >= 0.6 is 38.9 Å². The minimum atomic E-state index is 0.552. The minimum absolute atomic E-state index is 0.552. The van der Waals surface area contributed by atoms with Gasteiger partial charge >= 0.3 is 0 Å². The van der Waals surface area contributed by atoms with Crippen LogP contribution in [0.3, 0.4) is 0 Å². The van der Waals surface area contributed by atoms with Gasteiger partial charge in [-0.1, -0.05) is 45.7 Å². The molecule has 66 valence electrons. The Hall–Kier alpha value is -0.380. The molecule has 1 heterocycles. The second-order valence-corrected chi connectivity index (χ2v) is 4.55. The first-order chi connectivity index (χ1) is 6.27. The average molecular weight is 275 g/mol. The lowest BCUT2D eigenvalue weighted by Crippen LogP contribution is -1.76. The van der Waals surface area contributed by atoms with E-state index in [9.17, 15) is 0 Å². The molecule has 0 unspecified atom stereocenters. The molecule has 4 heteroatoms. The highest BCUT2D eigenvalue weighted by molar-refractivity contribution is 9.10. The van der Waals surface area contributed by atoms with Crippen LogP contribution in [0.25, 0.3) is 10.6 Å². The summed E-state index contributed by atoms with van der Waals surface area (Å²) in [5.74, 6) is 0. The Morgan fingerprint density at radius 2 is 2.08 bits per heavy atom. The first-order valence-electron chi connectivity index (χ1n) is 3.63. The van der Waals surface area contributed by atoms with Gasteiger partial charge in [-0.15, -0.1) is 11.3 Å². The van der Waals surface area contributed by atoms with Crippen molar-refractivity contribution in [1.29, 1.82) is 0 Å². The monoisotopic (exact) mass is 273 g/mol. The quantitative estimate of drug-likeness (QED) is 0.758. The van der Waals surface area contributed by atoms with Gasteiger partial charge in [0.15, 0.2) is 0 Å². The number of benzene rings is 1. The maximum absolute atomic E-state index is 5.75. The zero-order valence-electron chi connectivity index (χ0n) is 6.50. The molecule has 1 aromatic carbocycles. The van der Waals surface area contributed by atoms with Gasteiger partial charge in [0.25, 0.3) is 0 Å². The lowest BCUT2D eigenvalue weighted by Gasteiger charge is -1.97. The van der Waals surface area contributed by atoms with Crippen molar-refractivity contribution in [3.05, 3.63) is 39.3 Å². The highest BCUT2D eigenvalue weighted by atomic mass is 79.9. The van der Waals surface area contributed by atoms with Crippen molar-refractivity contribution in [2.45, 2.75) is 0 Å². The minimum Gasteiger partial charge on any atom is -0.224 e. The van der Waals surface area contributed by atoms with Crippen molar-refractivity contribution in [2.75, 3.05) is 0 Å². The van der Waals surface area contributed by atoms with Crippen LogP contribution in [0.5, 0.6) is 0 Å². The Kier molecular flexibility index (Phi) is 2.67. The molecule has 0 N–H and O–H groups in total. The van der Waals surface area contributed by atoms with Gasteiger partial charge < -0.3 is 0 Å². The third kappa shape index (κ3) is 1.93. The molecule has 0 bridgehead atoms. The van der Waals surface area contributed by atoms with Gasteiger partial charge in [-0.2, -0.15) is 0 Å². The van der Waals surface area contributed by atoms with Crippen molar-refractivity contribution in [3.63, 3.8) is 0 Å². The molecule has 0 radical (unpaired) electrons. The molecule has 13 heavy (non-hydrogen) atoms. The number of hydrogen-bond acceptors (Lipinski definition) is 2. The molecule has 0 atom stereocenters. The Morgan fingerprint density at radius 3 is 2.69 bits per heavy atom. The predicted octanol–water partition coefficient (Wildman–Crippen LogP) is 4.23. The third-order valence-corrected chi connectivity index (χ3v) is 3.47. The van der Waals surface area contributed by atoms with Crippen molar-refractivity contribution in [2.24, 2.45) is 0 Å².